The number of unbranched alkanes of at least 4 members (excludes halogenated alkanes) is 5. The van der Waals surface area contributed by atoms with E-state index in [1.54, 1.807) is 12.1 Å². The lowest BCUT2D eigenvalue weighted by molar-refractivity contribution is 0.0697. The molecule has 3 aromatic rings. The molecule has 0 saturated carbocycles. The van der Waals surface area contributed by atoms with Crippen LogP contribution in [0.3, 0.4) is 0 Å². The summed E-state index contributed by atoms with van der Waals surface area (Å²) >= 11 is 0. The molecule has 0 saturated heterocycles. The molecule has 6 heteroatoms. The number of ketones is 1. The van der Waals surface area contributed by atoms with Crippen molar-refractivity contribution in [3.05, 3.63) is 51.7 Å². The molecule has 0 unspecified atom stereocenters. The van der Waals surface area contributed by atoms with Crippen LogP contribution in [0.15, 0.2) is 39.5 Å². The van der Waals surface area contributed by atoms with Crippen LogP contribution in [0.2, 0.25) is 0 Å². The van der Waals surface area contributed by atoms with Crippen molar-refractivity contribution in [2.75, 3.05) is 6.61 Å². The topological polar surface area (TPSA) is 93.8 Å². The number of aromatic carboxylic acids is 1. The summed E-state index contributed by atoms with van der Waals surface area (Å²) in [7, 11) is 0. The summed E-state index contributed by atoms with van der Waals surface area (Å²) in [4.78, 5) is 36.5. The Bertz CT molecular complexity index is 1140. The molecule has 0 amide bonds. The molecule has 6 nitrogen and oxygen atoms in total. The van der Waals surface area contributed by atoms with Crippen molar-refractivity contribution in [2.24, 2.45) is 0 Å². The average molecular weight is 410 g/mol. The standard InChI is InChI=1S/C24H26O6/c1-3-4-5-6-7-8-11-29-17-13-18(15(2)25)23-20(14-17)22(26)19-12-16(24(27)28)9-10-21(19)30-23/h9-10,12-14H,3-8,11H2,1-2H3,(H,27,28). The van der Waals surface area contributed by atoms with Gasteiger partial charge in [0.15, 0.2) is 5.78 Å². The lowest BCUT2D eigenvalue weighted by Gasteiger charge is -2.10. The van der Waals surface area contributed by atoms with Crippen molar-refractivity contribution in [1.82, 2.24) is 0 Å². The first kappa shape index (κ1) is 21.6. The van der Waals surface area contributed by atoms with Gasteiger partial charge in [0.25, 0.3) is 0 Å². The number of hydrogen-bond donors (Lipinski definition) is 1. The predicted octanol–water partition coefficient (Wildman–Crippen LogP) is 5.59. The third-order valence-electron chi connectivity index (χ3n) is 5.14. The molecule has 2 aromatic carbocycles. The number of carbonyl (C=O) groups is 2. The van der Waals surface area contributed by atoms with Crippen LogP contribution < -0.4 is 10.2 Å². The Hall–Kier alpha value is -3.15. The molecule has 30 heavy (non-hydrogen) atoms. The number of carboxylic acids is 1. The predicted molar refractivity (Wildman–Crippen MR) is 116 cm³/mol. The molecule has 0 radical (unpaired) electrons. The summed E-state index contributed by atoms with van der Waals surface area (Å²) in [5.41, 5.74) is 0.306. The molecule has 0 bridgehead atoms. The fourth-order valence-corrected chi connectivity index (χ4v) is 3.48. The second-order valence-electron chi connectivity index (χ2n) is 7.47. The van der Waals surface area contributed by atoms with E-state index in [2.05, 4.69) is 6.92 Å². The molecular formula is C24H26O6. The van der Waals surface area contributed by atoms with Crippen LogP contribution in [0.5, 0.6) is 5.75 Å². The number of carbonyl (C=O) groups excluding carboxylic acids is 1. The lowest BCUT2D eigenvalue weighted by atomic mass is 10.0. The van der Waals surface area contributed by atoms with Gasteiger partial charge in [-0.05, 0) is 43.7 Å². The first-order chi connectivity index (χ1) is 14.4. The number of fused-ring (bicyclic) bond motifs is 2. The number of hydrogen-bond acceptors (Lipinski definition) is 5. The van der Waals surface area contributed by atoms with Crippen LogP contribution in [-0.4, -0.2) is 23.5 Å². The zero-order valence-corrected chi connectivity index (χ0v) is 17.3. The highest BCUT2D eigenvalue weighted by Crippen LogP contribution is 2.28. The van der Waals surface area contributed by atoms with Gasteiger partial charge >= 0.3 is 5.97 Å². The van der Waals surface area contributed by atoms with Crippen LogP contribution >= 0.6 is 0 Å². The molecule has 3 rings (SSSR count). The van der Waals surface area contributed by atoms with Crippen LogP contribution in [0.1, 0.15) is 73.1 Å². The molecule has 1 aromatic heterocycles. The van der Waals surface area contributed by atoms with E-state index in [-0.39, 0.29) is 44.3 Å². The molecule has 1 heterocycles. The van der Waals surface area contributed by atoms with Crippen molar-refractivity contribution >= 4 is 33.7 Å². The molecule has 0 aliphatic heterocycles. The number of rotatable bonds is 10. The van der Waals surface area contributed by atoms with Gasteiger partial charge in [0.2, 0.25) is 5.43 Å². The van der Waals surface area contributed by atoms with E-state index in [0.717, 1.165) is 19.3 Å². The minimum Gasteiger partial charge on any atom is -0.494 e. The van der Waals surface area contributed by atoms with Gasteiger partial charge in [-0.15, -0.1) is 0 Å². The Kier molecular flexibility index (Phi) is 6.87. The Labute approximate surface area is 174 Å². The number of carboxylic acid groups (broad SMARTS) is 1. The van der Waals surface area contributed by atoms with Gasteiger partial charge in [-0.25, -0.2) is 4.79 Å². The quantitative estimate of drug-likeness (QED) is 0.266. The molecule has 0 spiro atoms. The fraction of sp³-hybridized carbons (Fsp3) is 0.375. The van der Waals surface area contributed by atoms with Crippen LogP contribution in [-0.2, 0) is 0 Å². The summed E-state index contributed by atoms with van der Waals surface area (Å²) in [6, 6.07) is 7.26. The fourth-order valence-electron chi connectivity index (χ4n) is 3.48. The number of ether oxygens (including phenoxy) is 1. The van der Waals surface area contributed by atoms with Gasteiger partial charge in [0.1, 0.15) is 16.9 Å². The zero-order valence-electron chi connectivity index (χ0n) is 17.3. The largest absolute Gasteiger partial charge is 0.494 e. The normalized spacial score (nSPS) is 11.1. The van der Waals surface area contributed by atoms with Crippen molar-refractivity contribution in [2.45, 2.75) is 52.4 Å². The van der Waals surface area contributed by atoms with E-state index in [9.17, 15) is 19.5 Å². The SMILES string of the molecule is CCCCCCCCOc1cc(C(C)=O)c2oc3ccc(C(=O)O)cc3c(=O)c2c1. The van der Waals surface area contributed by atoms with Gasteiger partial charge in [-0.3, -0.25) is 9.59 Å². The maximum atomic E-state index is 13.0. The van der Waals surface area contributed by atoms with E-state index in [0.29, 0.717) is 12.4 Å². The van der Waals surface area contributed by atoms with Crippen molar-refractivity contribution in [3.8, 4) is 5.75 Å². The minimum atomic E-state index is -1.13. The maximum Gasteiger partial charge on any atom is 0.335 e. The lowest BCUT2D eigenvalue weighted by Crippen LogP contribution is -2.08. The van der Waals surface area contributed by atoms with Crippen LogP contribution in [0.4, 0.5) is 0 Å². The molecular weight excluding hydrogens is 384 g/mol. The van der Waals surface area contributed by atoms with E-state index < -0.39 is 5.97 Å². The monoisotopic (exact) mass is 410 g/mol. The zero-order chi connectivity index (χ0) is 21.7. The second-order valence-corrected chi connectivity index (χ2v) is 7.47. The summed E-state index contributed by atoms with van der Waals surface area (Å²) in [6.07, 6.45) is 6.78. The third-order valence-corrected chi connectivity index (χ3v) is 5.14. The van der Waals surface area contributed by atoms with Gasteiger partial charge in [0, 0.05) is 0 Å². The number of Topliss-reactive ketones (excluding diaryl/α,β-unsaturated/α-hetero) is 1. The number of benzene rings is 2. The summed E-state index contributed by atoms with van der Waals surface area (Å²) in [5.74, 6) is -0.936. The summed E-state index contributed by atoms with van der Waals surface area (Å²) in [5, 5.41) is 9.56. The Morgan fingerprint density at radius 3 is 2.43 bits per heavy atom. The van der Waals surface area contributed by atoms with E-state index >= 15 is 0 Å². The van der Waals surface area contributed by atoms with Crippen molar-refractivity contribution in [1.29, 1.82) is 0 Å². The molecule has 0 atom stereocenters. The van der Waals surface area contributed by atoms with E-state index in [4.69, 9.17) is 9.15 Å². The van der Waals surface area contributed by atoms with Gasteiger partial charge < -0.3 is 14.3 Å². The average Bonchev–Trinajstić information content (AvgIpc) is 2.72. The van der Waals surface area contributed by atoms with Gasteiger partial charge in [-0.2, -0.15) is 0 Å². The smallest absolute Gasteiger partial charge is 0.335 e. The van der Waals surface area contributed by atoms with Crippen molar-refractivity contribution < 1.29 is 23.8 Å². The molecule has 0 aliphatic carbocycles. The van der Waals surface area contributed by atoms with E-state index in [1.165, 1.54) is 44.4 Å². The Morgan fingerprint density at radius 2 is 1.73 bits per heavy atom. The highest BCUT2D eigenvalue weighted by molar-refractivity contribution is 6.07. The molecule has 0 fully saturated rings. The van der Waals surface area contributed by atoms with E-state index in [1.807, 2.05) is 0 Å². The van der Waals surface area contributed by atoms with Gasteiger partial charge in [-0.1, -0.05) is 39.0 Å². The van der Waals surface area contributed by atoms with Crippen molar-refractivity contribution in [3.63, 3.8) is 0 Å². The molecule has 1 N–H and O–H groups in total. The third kappa shape index (κ3) is 4.70. The second kappa shape index (κ2) is 9.57. The highest BCUT2D eigenvalue weighted by Gasteiger charge is 2.17. The highest BCUT2D eigenvalue weighted by atomic mass is 16.5. The first-order valence-electron chi connectivity index (χ1n) is 10.3. The summed E-state index contributed by atoms with van der Waals surface area (Å²) < 4.78 is 11.6. The summed E-state index contributed by atoms with van der Waals surface area (Å²) in [6.45, 7) is 4.08. The van der Waals surface area contributed by atoms with Crippen LogP contribution in [0, 0.1) is 0 Å². The first-order valence-corrected chi connectivity index (χ1v) is 10.3. The Morgan fingerprint density at radius 1 is 1.00 bits per heavy atom. The minimum absolute atomic E-state index is 0.00332. The Balaban J connectivity index is 1.95. The molecule has 0 aliphatic rings. The van der Waals surface area contributed by atoms with Crippen LogP contribution in [0.25, 0.3) is 21.9 Å². The van der Waals surface area contributed by atoms with Gasteiger partial charge in [0.05, 0.1) is 28.5 Å². The maximum absolute atomic E-state index is 13.0. The molecule has 158 valence electrons.